The Morgan fingerprint density at radius 2 is 2.00 bits per heavy atom. The first kappa shape index (κ1) is 10.1. The van der Waals surface area contributed by atoms with Gasteiger partial charge in [-0.05, 0) is 13.3 Å². The number of nitrogens with zero attached hydrogens (tertiary/aromatic N) is 2. The Morgan fingerprint density at radius 3 is 2.54 bits per heavy atom. The lowest BCUT2D eigenvalue weighted by Gasteiger charge is -2.17. The molecule has 3 nitrogen and oxygen atoms in total. The minimum atomic E-state index is -0.324. The molecule has 0 aliphatic carbocycles. The molecule has 13 heavy (non-hydrogen) atoms. The van der Waals surface area contributed by atoms with Crippen molar-refractivity contribution in [3.8, 4) is 0 Å². The first-order chi connectivity index (χ1) is 6.16. The Labute approximate surface area is 78.9 Å². The van der Waals surface area contributed by atoms with Crippen molar-refractivity contribution in [2.75, 3.05) is 0 Å². The van der Waals surface area contributed by atoms with Gasteiger partial charge in [-0.2, -0.15) is 0 Å². The van der Waals surface area contributed by atoms with Crippen molar-refractivity contribution < 1.29 is 5.11 Å². The van der Waals surface area contributed by atoms with E-state index in [-0.39, 0.29) is 12.0 Å². The topological polar surface area (TPSA) is 46.0 Å². The molecule has 0 saturated carbocycles. The van der Waals surface area contributed by atoms with Crippen LogP contribution in [0.25, 0.3) is 0 Å². The molecule has 0 fully saturated rings. The fraction of sp³-hybridized carbons (Fsp3) is 0.600. The predicted octanol–water partition coefficient (Wildman–Crippen LogP) is 1.66. The molecular weight excluding hydrogens is 164 g/mol. The van der Waals surface area contributed by atoms with Gasteiger partial charge in [0.25, 0.3) is 0 Å². The standard InChI is InChI=1S/C10H16N2O/c1-4-9(13)7(2)10-8(3)11-5-6-12-10/h5-7,9,13H,4H2,1-3H3. The van der Waals surface area contributed by atoms with E-state index in [4.69, 9.17) is 0 Å². The number of hydrogen-bond acceptors (Lipinski definition) is 3. The lowest BCUT2D eigenvalue weighted by Crippen LogP contribution is -2.17. The summed E-state index contributed by atoms with van der Waals surface area (Å²) in [4.78, 5) is 8.37. The zero-order valence-electron chi connectivity index (χ0n) is 8.36. The van der Waals surface area contributed by atoms with Crippen molar-refractivity contribution in [3.05, 3.63) is 23.8 Å². The largest absolute Gasteiger partial charge is 0.392 e. The molecule has 2 unspecified atom stereocenters. The molecule has 0 amide bonds. The maximum Gasteiger partial charge on any atom is 0.0669 e. The van der Waals surface area contributed by atoms with Crippen LogP contribution in [-0.2, 0) is 0 Å². The molecule has 72 valence electrons. The second-order valence-electron chi connectivity index (χ2n) is 3.29. The normalized spacial score (nSPS) is 15.4. The molecule has 2 atom stereocenters. The highest BCUT2D eigenvalue weighted by Gasteiger charge is 2.17. The molecule has 0 spiro atoms. The maximum absolute atomic E-state index is 9.64. The smallest absolute Gasteiger partial charge is 0.0669 e. The van der Waals surface area contributed by atoms with Gasteiger partial charge in [-0.1, -0.05) is 13.8 Å². The van der Waals surface area contributed by atoms with Gasteiger partial charge < -0.3 is 5.11 Å². The number of aryl methyl sites for hydroxylation is 1. The van der Waals surface area contributed by atoms with Gasteiger partial charge in [-0.15, -0.1) is 0 Å². The fourth-order valence-corrected chi connectivity index (χ4v) is 1.40. The van der Waals surface area contributed by atoms with Gasteiger partial charge in [0.2, 0.25) is 0 Å². The molecule has 0 saturated heterocycles. The Bertz CT molecular complexity index is 275. The number of hydrogen-bond donors (Lipinski definition) is 1. The SMILES string of the molecule is CCC(O)C(C)c1nccnc1C. The van der Waals surface area contributed by atoms with E-state index in [1.54, 1.807) is 12.4 Å². The van der Waals surface area contributed by atoms with Crippen LogP contribution in [-0.4, -0.2) is 21.2 Å². The fourth-order valence-electron chi connectivity index (χ4n) is 1.40. The van der Waals surface area contributed by atoms with Crippen LogP contribution in [0.1, 0.15) is 37.6 Å². The van der Waals surface area contributed by atoms with Crippen LogP contribution in [0.2, 0.25) is 0 Å². The molecule has 1 N–H and O–H groups in total. The quantitative estimate of drug-likeness (QED) is 0.769. The van der Waals surface area contributed by atoms with Gasteiger partial charge >= 0.3 is 0 Å². The Morgan fingerprint density at radius 1 is 1.38 bits per heavy atom. The van der Waals surface area contributed by atoms with Crippen molar-refractivity contribution >= 4 is 0 Å². The highest BCUT2D eigenvalue weighted by molar-refractivity contribution is 5.14. The summed E-state index contributed by atoms with van der Waals surface area (Å²) in [6, 6.07) is 0. The monoisotopic (exact) mass is 180 g/mol. The van der Waals surface area contributed by atoms with Crippen molar-refractivity contribution in [1.82, 2.24) is 9.97 Å². The van der Waals surface area contributed by atoms with Crippen molar-refractivity contribution in [3.63, 3.8) is 0 Å². The first-order valence-electron chi connectivity index (χ1n) is 4.62. The van der Waals surface area contributed by atoms with E-state index < -0.39 is 0 Å². The second kappa shape index (κ2) is 4.33. The molecule has 1 rings (SSSR count). The molecule has 0 radical (unpaired) electrons. The molecule has 0 aliphatic heterocycles. The summed E-state index contributed by atoms with van der Waals surface area (Å²) in [5.41, 5.74) is 1.80. The van der Waals surface area contributed by atoms with E-state index in [1.807, 2.05) is 20.8 Å². The minimum absolute atomic E-state index is 0.0682. The number of aliphatic hydroxyl groups is 1. The van der Waals surface area contributed by atoms with Crippen molar-refractivity contribution in [2.24, 2.45) is 0 Å². The Hall–Kier alpha value is -0.960. The van der Waals surface area contributed by atoms with Crippen LogP contribution in [0, 0.1) is 6.92 Å². The minimum Gasteiger partial charge on any atom is -0.392 e. The summed E-state index contributed by atoms with van der Waals surface area (Å²) in [7, 11) is 0. The second-order valence-corrected chi connectivity index (χ2v) is 3.29. The zero-order chi connectivity index (χ0) is 9.84. The summed E-state index contributed by atoms with van der Waals surface area (Å²) in [6.07, 6.45) is 3.76. The molecule has 0 bridgehead atoms. The molecule has 0 aromatic carbocycles. The Balaban J connectivity index is 2.88. The van der Waals surface area contributed by atoms with E-state index in [2.05, 4.69) is 9.97 Å². The van der Waals surface area contributed by atoms with Crippen LogP contribution in [0.5, 0.6) is 0 Å². The van der Waals surface area contributed by atoms with E-state index in [1.165, 1.54) is 0 Å². The molecule has 3 heteroatoms. The highest BCUT2D eigenvalue weighted by Crippen LogP contribution is 2.20. The lowest BCUT2D eigenvalue weighted by atomic mass is 9.97. The number of aliphatic hydroxyl groups excluding tert-OH is 1. The van der Waals surface area contributed by atoms with Gasteiger partial charge in [-0.3, -0.25) is 9.97 Å². The van der Waals surface area contributed by atoms with Crippen LogP contribution < -0.4 is 0 Å². The average Bonchev–Trinajstić information content (AvgIpc) is 2.16. The van der Waals surface area contributed by atoms with Crippen LogP contribution in [0.4, 0.5) is 0 Å². The van der Waals surface area contributed by atoms with E-state index in [0.29, 0.717) is 0 Å². The Kier molecular flexibility index (Phi) is 3.37. The van der Waals surface area contributed by atoms with Gasteiger partial charge in [-0.25, -0.2) is 0 Å². The summed E-state index contributed by atoms with van der Waals surface area (Å²) >= 11 is 0. The van der Waals surface area contributed by atoms with Crippen LogP contribution >= 0.6 is 0 Å². The third-order valence-corrected chi connectivity index (χ3v) is 2.35. The van der Waals surface area contributed by atoms with E-state index in [0.717, 1.165) is 17.8 Å². The molecule has 1 aromatic heterocycles. The third kappa shape index (κ3) is 2.25. The number of aromatic nitrogens is 2. The molecule has 1 aromatic rings. The van der Waals surface area contributed by atoms with Crippen LogP contribution in [0.3, 0.4) is 0 Å². The first-order valence-corrected chi connectivity index (χ1v) is 4.62. The summed E-state index contributed by atoms with van der Waals surface area (Å²) in [5, 5.41) is 9.64. The van der Waals surface area contributed by atoms with Gasteiger partial charge in [0, 0.05) is 18.3 Å². The molecule has 0 aliphatic rings. The van der Waals surface area contributed by atoms with Crippen LogP contribution in [0.15, 0.2) is 12.4 Å². The van der Waals surface area contributed by atoms with Gasteiger partial charge in [0.1, 0.15) is 0 Å². The molecule has 1 heterocycles. The highest BCUT2D eigenvalue weighted by atomic mass is 16.3. The third-order valence-electron chi connectivity index (χ3n) is 2.35. The van der Waals surface area contributed by atoms with Crippen molar-refractivity contribution in [1.29, 1.82) is 0 Å². The average molecular weight is 180 g/mol. The van der Waals surface area contributed by atoms with Crippen molar-refractivity contribution in [2.45, 2.75) is 39.2 Å². The predicted molar refractivity (Wildman–Crippen MR) is 51.5 cm³/mol. The summed E-state index contributed by atoms with van der Waals surface area (Å²) in [6.45, 7) is 5.86. The molecular formula is C10H16N2O. The van der Waals surface area contributed by atoms with E-state index >= 15 is 0 Å². The van der Waals surface area contributed by atoms with Gasteiger partial charge in [0.05, 0.1) is 17.5 Å². The summed E-state index contributed by atoms with van der Waals surface area (Å²) in [5.74, 6) is 0.0682. The van der Waals surface area contributed by atoms with E-state index in [9.17, 15) is 5.11 Å². The van der Waals surface area contributed by atoms with Gasteiger partial charge in [0.15, 0.2) is 0 Å². The summed E-state index contributed by atoms with van der Waals surface area (Å²) < 4.78 is 0. The number of rotatable bonds is 3. The zero-order valence-corrected chi connectivity index (χ0v) is 8.36. The maximum atomic E-state index is 9.64. The lowest BCUT2D eigenvalue weighted by molar-refractivity contribution is 0.143.